The highest BCUT2D eigenvalue weighted by Crippen LogP contribution is 2.46. The molecule has 136 valence electrons. The van der Waals surface area contributed by atoms with E-state index < -0.39 is 0 Å². The normalized spacial score (nSPS) is 16.7. The molecule has 2 aromatic rings. The van der Waals surface area contributed by atoms with E-state index in [4.69, 9.17) is 14.2 Å². The first kappa shape index (κ1) is 16.8. The van der Waals surface area contributed by atoms with Crippen LogP contribution in [0, 0.1) is 5.92 Å². The van der Waals surface area contributed by atoms with Gasteiger partial charge in [0.1, 0.15) is 19.0 Å². The summed E-state index contributed by atoms with van der Waals surface area (Å²) >= 11 is 0. The van der Waals surface area contributed by atoms with Crippen LogP contribution in [0.1, 0.15) is 30.7 Å². The molecule has 0 bridgehead atoms. The lowest BCUT2D eigenvalue weighted by molar-refractivity contribution is -0.116. The predicted molar refractivity (Wildman–Crippen MR) is 99.1 cm³/mol. The van der Waals surface area contributed by atoms with Gasteiger partial charge < -0.3 is 19.5 Å². The average Bonchev–Trinajstić information content (AvgIpc) is 3.51. The zero-order valence-electron chi connectivity index (χ0n) is 14.9. The van der Waals surface area contributed by atoms with E-state index in [1.54, 1.807) is 7.11 Å². The fourth-order valence-electron chi connectivity index (χ4n) is 3.43. The van der Waals surface area contributed by atoms with E-state index in [1.165, 1.54) is 12.8 Å². The molecule has 0 radical (unpaired) electrons. The highest BCUT2D eigenvalue weighted by atomic mass is 16.6. The van der Waals surface area contributed by atoms with Gasteiger partial charge in [-0.05, 0) is 66.6 Å². The molecule has 1 unspecified atom stereocenters. The molecule has 1 aliphatic carbocycles. The summed E-state index contributed by atoms with van der Waals surface area (Å²) in [6, 6.07) is 13.5. The van der Waals surface area contributed by atoms with Crippen LogP contribution in [0.25, 0.3) is 0 Å². The number of anilines is 1. The van der Waals surface area contributed by atoms with Gasteiger partial charge in [0.25, 0.3) is 0 Å². The van der Waals surface area contributed by atoms with Crippen LogP contribution in [0.3, 0.4) is 0 Å². The zero-order valence-corrected chi connectivity index (χ0v) is 14.9. The molecule has 2 aromatic carbocycles. The van der Waals surface area contributed by atoms with E-state index in [1.807, 2.05) is 36.4 Å². The molecule has 1 atom stereocenters. The van der Waals surface area contributed by atoms with E-state index in [0.29, 0.717) is 25.6 Å². The molecule has 5 nitrogen and oxygen atoms in total. The number of carbonyl (C=O) groups is 1. The molecule has 1 N–H and O–H groups in total. The third-order valence-electron chi connectivity index (χ3n) is 4.96. The van der Waals surface area contributed by atoms with Crippen molar-refractivity contribution < 1.29 is 19.0 Å². The van der Waals surface area contributed by atoms with Crippen molar-refractivity contribution in [1.82, 2.24) is 0 Å². The monoisotopic (exact) mass is 353 g/mol. The number of benzene rings is 2. The minimum atomic E-state index is 0.0296. The van der Waals surface area contributed by atoms with E-state index in [-0.39, 0.29) is 11.8 Å². The van der Waals surface area contributed by atoms with E-state index >= 15 is 0 Å². The molecular formula is C21H23NO4. The Hall–Kier alpha value is -2.69. The first-order chi connectivity index (χ1) is 12.7. The summed E-state index contributed by atoms with van der Waals surface area (Å²) in [6.07, 6.45) is 2.82. The number of hydrogen-bond donors (Lipinski definition) is 1. The first-order valence-corrected chi connectivity index (χ1v) is 9.06. The molecule has 4 rings (SSSR count). The summed E-state index contributed by atoms with van der Waals surface area (Å²) < 4.78 is 16.4. The number of ether oxygens (including phenoxy) is 3. The lowest BCUT2D eigenvalue weighted by Gasteiger charge is -2.22. The molecule has 0 aromatic heterocycles. The molecular weight excluding hydrogens is 330 g/mol. The van der Waals surface area contributed by atoms with Crippen molar-refractivity contribution in [3.05, 3.63) is 48.0 Å². The van der Waals surface area contributed by atoms with Crippen LogP contribution < -0.4 is 19.5 Å². The fraction of sp³-hybridized carbons (Fsp3) is 0.381. The van der Waals surface area contributed by atoms with Crippen molar-refractivity contribution >= 4 is 11.6 Å². The maximum absolute atomic E-state index is 12.6. The second kappa shape index (κ2) is 7.28. The Morgan fingerprint density at radius 1 is 1.12 bits per heavy atom. The molecule has 1 heterocycles. The largest absolute Gasteiger partial charge is 0.497 e. The molecule has 1 saturated carbocycles. The minimum absolute atomic E-state index is 0.0296. The fourth-order valence-corrected chi connectivity index (χ4v) is 3.43. The van der Waals surface area contributed by atoms with Crippen molar-refractivity contribution in [3.63, 3.8) is 0 Å². The predicted octanol–water partition coefficient (Wildman–Crippen LogP) is 3.99. The van der Waals surface area contributed by atoms with Crippen molar-refractivity contribution in [3.8, 4) is 17.2 Å². The van der Waals surface area contributed by atoms with Crippen LogP contribution in [0.5, 0.6) is 17.2 Å². The van der Waals surface area contributed by atoms with Gasteiger partial charge in [0.15, 0.2) is 11.5 Å². The Labute approximate surface area is 153 Å². The minimum Gasteiger partial charge on any atom is -0.497 e. The number of carbonyl (C=O) groups excluding carboxylic acids is 1. The lowest BCUT2D eigenvalue weighted by atomic mass is 9.90. The van der Waals surface area contributed by atoms with Gasteiger partial charge in [-0.15, -0.1) is 0 Å². The number of nitrogens with one attached hydrogen (secondary N) is 1. The highest BCUT2D eigenvalue weighted by Gasteiger charge is 2.34. The van der Waals surface area contributed by atoms with Crippen LogP contribution in [0.4, 0.5) is 5.69 Å². The number of amides is 1. The Morgan fingerprint density at radius 3 is 2.54 bits per heavy atom. The summed E-state index contributed by atoms with van der Waals surface area (Å²) in [7, 11) is 1.63. The average molecular weight is 353 g/mol. The molecule has 1 aliphatic heterocycles. The quantitative estimate of drug-likeness (QED) is 0.853. The molecule has 0 spiro atoms. The van der Waals surface area contributed by atoms with Crippen LogP contribution in [-0.4, -0.2) is 26.2 Å². The topological polar surface area (TPSA) is 56.8 Å². The SMILES string of the molecule is COc1ccc(NC(=O)CC(c2ccc3c(c2)OCCO3)C2CC2)cc1. The summed E-state index contributed by atoms with van der Waals surface area (Å²) in [6.45, 7) is 1.16. The van der Waals surface area contributed by atoms with Gasteiger partial charge in [0, 0.05) is 12.1 Å². The van der Waals surface area contributed by atoms with Gasteiger partial charge in [0.2, 0.25) is 5.91 Å². The first-order valence-electron chi connectivity index (χ1n) is 9.06. The zero-order chi connectivity index (χ0) is 17.9. The number of fused-ring (bicyclic) bond motifs is 1. The second-order valence-electron chi connectivity index (χ2n) is 6.83. The smallest absolute Gasteiger partial charge is 0.224 e. The maximum Gasteiger partial charge on any atom is 0.224 e. The van der Waals surface area contributed by atoms with Crippen LogP contribution >= 0.6 is 0 Å². The molecule has 5 heteroatoms. The number of methoxy groups -OCH3 is 1. The molecule has 1 amide bonds. The third kappa shape index (κ3) is 3.77. The Kier molecular flexibility index (Phi) is 4.69. The second-order valence-corrected chi connectivity index (χ2v) is 6.83. The van der Waals surface area contributed by atoms with Gasteiger partial charge in [-0.3, -0.25) is 4.79 Å². The van der Waals surface area contributed by atoms with Gasteiger partial charge >= 0.3 is 0 Å². The number of hydrogen-bond acceptors (Lipinski definition) is 4. The van der Waals surface area contributed by atoms with Gasteiger partial charge in [0.05, 0.1) is 7.11 Å². The van der Waals surface area contributed by atoms with Crippen LogP contribution in [-0.2, 0) is 4.79 Å². The maximum atomic E-state index is 12.6. The van der Waals surface area contributed by atoms with Crippen LogP contribution in [0.2, 0.25) is 0 Å². The van der Waals surface area contributed by atoms with Crippen LogP contribution in [0.15, 0.2) is 42.5 Å². The summed E-state index contributed by atoms with van der Waals surface area (Å²) in [4.78, 5) is 12.6. The molecule has 1 fully saturated rings. The third-order valence-corrected chi connectivity index (χ3v) is 4.96. The number of rotatable bonds is 6. The standard InChI is InChI=1S/C21H23NO4/c1-24-17-7-5-16(6-8-17)22-21(23)13-18(14-2-3-14)15-4-9-19-20(12-15)26-11-10-25-19/h4-9,12,14,18H,2-3,10-11,13H2,1H3,(H,22,23). The van der Waals surface area contributed by atoms with Gasteiger partial charge in [-0.25, -0.2) is 0 Å². The Morgan fingerprint density at radius 2 is 1.85 bits per heavy atom. The van der Waals surface area contributed by atoms with E-state index in [0.717, 1.165) is 28.5 Å². The summed E-state index contributed by atoms with van der Waals surface area (Å²) in [5.41, 5.74) is 1.94. The molecule has 0 saturated heterocycles. The lowest BCUT2D eigenvalue weighted by Crippen LogP contribution is -2.18. The van der Waals surface area contributed by atoms with Crippen molar-refractivity contribution in [1.29, 1.82) is 0 Å². The van der Waals surface area contributed by atoms with E-state index in [9.17, 15) is 4.79 Å². The van der Waals surface area contributed by atoms with Crippen molar-refractivity contribution in [2.24, 2.45) is 5.92 Å². The van der Waals surface area contributed by atoms with Gasteiger partial charge in [-0.1, -0.05) is 6.07 Å². The van der Waals surface area contributed by atoms with Crippen molar-refractivity contribution in [2.75, 3.05) is 25.6 Å². The molecule has 2 aliphatic rings. The van der Waals surface area contributed by atoms with E-state index in [2.05, 4.69) is 11.4 Å². The van der Waals surface area contributed by atoms with Crippen molar-refractivity contribution in [2.45, 2.75) is 25.2 Å². The Balaban J connectivity index is 1.46. The molecule has 26 heavy (non-hydrogen) atoms. The highest BCUT2D eigenvalue weighted by molar-refractivity contribution is 5.91. The summed E-state index contributed by atoms with van der Waals surface area (Å²) in [5, 5.41) is 2.99. The Bertz CT molecular complexity index is 783. The van der Waals surface area contributed by atoms with Gasteiger partial charge in [-0.2, -0.15) is 0 Å². The summed E-state index contributed by atoms with van der Waals surface area (Å²) in [5.74, 6) is 3.16.